The number of carbonyl (C=O) groups excluding carboxylic acids is 3. The topological polar surface area (TPSA) is 106 Å². The molecule has 3 amide bonds. The first-order chi connectivity index (χ1) is 14.5. The van der Waals surface area contributed by atoms with Crippen LogP contribution in [0.5, 0.6) is 17.2 Å². The van der Waals surface area contributed by atoms with Gasteiger partial charge in [0.05, 0.1) is 20.2 Å². The van der Waals surface area contributed by atoms with Crippen LogP contribution < -0.4 is 24.8 Å². The number of rotatable bonds is 8. The lowest BCUT2D eigenvalue weighted by Gasteiger charge is -2.20. The summed E-state index contributed by atoms with van der Waals surface area (Å²) in [7, 11) is 1.54. The molecule has 9 nitrogen and oxygen atoms in total. The predicted molar refractivity (Wildman–Crippen MR) is 109 cm³/mol. The molecule has 9 heteroatoms. The SMILES string of the molecule is CCN(CC(=O)Nc1cccc(OC)c1)C(=O)CNC(=O)c1ccc2c(c1)OCO2. The quantitative estimate of drug-likeness (QED) is 0.682. The zero-order chi connectivity index (χ0) is 21.5. The number of anilines is 1. The maximum Gasteiger partial charge on any atom is 0.251 e. The van der Waals surface area contributed by atoms with E-state index in [4.69, 9.17) is 14.2 Å². The van der Waals surface area contributed by atoms with Crippen LogP contribution >= 0.6 is 0 Å². The Morgan fingerprint density at radius 3 is 2.67 bits per heavy atom. The molecule has 0 fully saturated rings. The fourth-order valence-corrected chi connectivity index (χ4v) is 2.86. The lowest BCUT2D eigenvalue weighted by atomic mass is 10.2. The number of amides is 3. The van der Waals surface area contributed by atoms with Gasteiger partial charge in [0.15, 0.2) is 11.5 Å². The molecule has 30 heavy (non-hydrogen) atoms. The Morgan fingerprint density at radius 2 is 1.90 bits per heavy atom. The monoisotopic (exact) mass is 413 g/mol. The first kappa shape index (κ1) is 21.0. The Morgan fingerprint density at radius 1 is 1.10 bits per heavy atom. The van der Waals surface area contributed by atoms with E-state index in [1.807, 2.05) is 0 Å². The average Bonchev–Trinajstić information content (AvgIpc) is 3.23. The van der Waals surface area contributed by atoms with Crippen molar-refractivity contribution in [2.45, 2.75) is 6.92 Å². The van der Waals surface area contributed by atoms with Crippen LogP contribution in [0.4, 0.5) is 5.69 Å². The second-order valence-electron chi connectivity index (χ2n) is 6.44. The Bertz CT molecular complexity index is 946. The van der Waals surface area contributed by atoms with Gasteiger partial charge in [0.1, 0.15) is 5.75 Å². The fraction of sp³-hybridized carbons (Fsp3) is 0.286. The van der Waals surface area contributed by atoms with E-state index in [9.17, 15) is 14.4 Å². The van der Waals surface area contributed by atoms with Crippen molar-refractivity contribution in [1.29, 1.82) is 0 Å². The number of likely N-dealkylation sites (N-methyl/N-ethyl adjacent to an activating group) is 1. The highest BCUT2D eigenvalue weighted by molar-refractivity contribution is 5.98. The van der Waals surface area contributed by atoms with Gasteiger partial charge >= 0.3 is 0 Å². The maximum absolute atomic E-state index is 12.5. The van der Waals surface area contributed by atoms with Crippen molar-refractivity contribution < 1.29 is 28.6 Å². The Balaban J connectivity index is 1.51. The van der Waals surface area contributed by atoms with Crippen LogP contribution in [0.15, 0.2) is 42.5 Å². The van der Waals surface area contributed by atoms with Crippen LogP contribution in [0.25, 0.3) is 0 Å². The minimum Gasteiger partial charge on any atom is -0.497 e. The van der Waals surface area contributed by atoms with Gasteiger partial charge in [-0.1, -0.05) is 6.07 Å². The third-order valence-corrected chi connectivity index (χ3v) is 4.46. The van der Waals surface area contributed by atoms with Crippen molar-refractivity contribution in [3.63, 3.8) is 0 Å². The van der Waals surface area contributed by atoms with E-state index in [-0.39, 0.29) is 31.7 Å². The largest absolute Gasteiger partial charge is 0.497 e. The summed E-state index contributed by atoms with van der Waals surface area (Å²) in [6.07, 6.45) is 0. The van der Waals surface area contributed by atoms with Gasteiger partial charge in [0, 0.05) is 23.9 Å². The highest BCUT2D eigenvalue weighted by Crippen LogP contribution is 2.32. The number of ether oxygens (including phenoxy) is 3. The zero-order valence-electron chi connectivity index (χ0n) is 16.8. The Labute approximate surface area is 173 Å². The van der Waals surface area contributed by atoms with E-state index in [0.717, 1.165) is 0 Å². The van der Waals surface area contributed by atoms with E-state index >= 15 is 0 Å². The third kappa shape index (κ3) is 5.19. The first-order valence-electron chi connectivity index (χ1n) is 9.39. The average molecular weight is 413 g/mol. The minimum absolute atomic E-state index is 0.113. The van der Waals surface area contributed by atoms with Crippen LogP contribution in [-0.2, 0) is 9.59 Å². The van der Waals surface area contributed by atoms with Gasteiger partial charge in [-0.3, -0.25) is 14.4 Å². The summed E-state index contributed by atoms with van der Waals surface area (Å²) >= 11 is 0. The summed E-state index contributed by atoms with van der Waals surface area (Å²) in [5, 5.41) is 5.29. The van der Waals surface area contributed by atoms with E-state index in [0.29, 0.717) is 35.0 Å². The fourth-order valence-electron chi connectivity index (χ4n) is 2.86. The Hall–Kier alpha value is -3.75. The zero-order valence-corrected chi connectivity index (χ0v) is 16.8. The van der Waals surface area contributed by atoms with Crippen molar-refractivity contribution >= 4 is 23.4 Å². The standard InChI is InChI=1S/C21H23N3O6/c1-3-24(12-19(25)23-15-5-4-6-16(10-15)28-2)20(26)11-22-21(27)14-7-8-17-18(9-14)30-13-29-17/h4-10H,3,11-13H2,1-2H3,(H,22,27)(H,23,25). The molecule has 3 rings (SSSR count). The third-order valence-electron chi connectivity index (χ3n) is 4.46. The van der Waals surface area contributed by atoms with Crippen molar-refractivity contribution in [2.75, 3.05) is 38.9 Å². The molecule has 0 aliphatic carbocycles. The molecule has 0 saturated heterocycles. The number of methoxy groups -OCH3 is 1. The number of hydrogen-bond acceptors (Lipinski definition) is 6. The maximum atomic E-state index is 12.5. The van der Waals surface area contributed by atoms with Gasteiger partial charge in [-0.05, 0) is 37.3 Å². The van der Waals surface area contributed by atoms with E-state index in [1.54, 1.807) is 49.4 Å². The normalized spacial score (nSPS) is 11.5. The van der Waals surface area contributed by atoms with Gasteiger partial charge in [0.2, 0.25) is 18.6 Å². The molecule has 0 saturated carbocycles. The minimum atomic E-state index is -0.418. The molecule has 2 N–H and O–H groups in total. The molecule has 0 spiro atoms. The molecule has 0 aromatic heterocycles. The van der Waals surface area contributed by atoms with Crippen molar-refractivity contribution in [3.8, 4) is 17.2 Å². The molecule has 1 aliphatic rings. The van der Waals surface area contributed by atoms with Crippen molar-refractivity contribution in [2.24, 2.45) is 0 Å². The summed E-state index contributed by atoms with van der Waals surface area (Å²) in [6.45, 7) is 1.84. The number of nitrogens with one attached hydrogen (secondary N) is 2. The molecule has 158 valence electrons. The smallest absolute Gasteiger partial charge is 0.251 e. The summed E-state index contributed by atoms with van der Waals surface area (Å²) in [5.41, 5.74) is 0.921. The van der Waals surface area contributed by atoms with Gasteiger partial charge in [-0.15, -0.1) is 0 Å². The van der Waals surface area contributed by atoms with Gasteiger partial charge in [-0.2, -0.15) is 0 Å². The number of benzene rings is 2. The molecular formula is C21H23N3O6. The lowest BCUT2D eigenvalue weighted by molar-refractivity contribution is -0.133. The van der Waals surface area contributed by atoms with Crippen LogP contribution in [-0.4, -0.2) is 56.2 Å². The van der Waals surface area contributed by atoms with Crippen LogP contribution in [0.3, 0.4) is 0 Å². The molecule has 0 atom stereocenters. The van der Waals surface area contributed by atoms with E-state index in [2.05, 4.69) is 10.6 Å². The highest BCUT2D eigenvalue weighted by Gasteiger charge is 2.19. The molecular weight excluding hydrogens is 390 g/mol. The van der Waals surface area contributed by atoms with Gasteiger partial charge < -0.3 is 29.7 Å². The summed E-state index contributed by atoms with van der Waals surface area (Å²) in [5.74, 6) is 0.536. The van der Waals surface area contributed by atoms with Crippen molar-refractivity contribution in [3.05, 3.63) is 48.0 Å². The first-order valence-corrected chi connectivity index (χ1v) is 9.39. The Kier molecular flexibility index (Phi) is 6.74. The molecule has 1 aliphatic heterocycles. The number of nitrogens with zero attached hydrogens (tertiary/aromatic N) is 1. The van der Waals surface area contributed by atoms with E-state index in [1.165, 1.54) is 12.0 Å². The number of fused-ring (bicyclic) bond motifs is 1. The molecule has 1 heterocycles. The van der Waals surface area contributed by atoms with E-state index < -0.39 is 5.91 Å². The number of carbonyl (C=O) groups is 3. The predicted octanol–water partition coefficient (Wildman–Crippen LogP) is 1.64. The van der Waals surface area contributed by atoms with Crippen LogP contribution in [0.1, 0.15) is 17.3 Å². The second-order valence-corrected chi connectivity index (χ2v) is 6.44. The molecule has 0 radical (unpaired) electrons. The molecule has 2 aromatic rings. The van der Waals surface area contributed by atoms with Crippen LogP contribution in [0.2, 0.25) is 0 Å². The van der Waals surface area contributed by atoms with Crippen LogP contribution in [0, 0.1) is 0 Å². The summed E-state index contributed by atoms with van der Waals surface area (Å²) in [6, 6.07) is 11.7. The lowest BCUT2D eigenvalue weighted by Crippen LogP contribution is -2.43. The van der Waals surface area contributed by atoms with Gasteiger partial charge in [0.25, 0.3) is 5.91 Å². The second kappa shape index (κ2) is 9.64. The molecule has 2 aromatic carbocycles. The number of hydrogen-bond donors (Lipinski definition) is 2. The molecule has 0 unspecified atom stereocenters. The summed E-state index contributed by atoms with van der Waals surface area (Å²) in [4.78, 5) is 38.4. The van der Waals surface area contributed by atoms with Crippen molar-refractivity contribution in [1.82, 2.24) is 10.2 Å². The highest BCUT2D eigenvalue weighted by atomic mass is 16.7. The summed E-state index contributed by atoms with van der Waals surface area (Å²) < 4.78 is 15.6. The van der Waals surface area contributed by atoms with Gasteiger partial charge in [-0.25, -0.2) is 0 Å². The molecule has 0 bridgehead atoms.